The van der Waals surface area contributed by atoms with Crippen molar-refractivity contribution in [3.8, 4) is 11.5 Å². The minimum absolute atomic E-state index is 0.248. The summed E-state index contributed by atoms with van der Waals surface area (Å²) in [6.45, 7) is 1.35. The maximum Gasteiger partial charge on any atom is 0.314 e. The van der Waals surface area contributed by atoms with Gasteiger partial charge in [-0.2, -0.15) is 0 Å². The van der Waals surface area contributed by atoms with Crippen LogP contribution in [0.3, 0.4) is 0 Å². The number of rotatable bonds is 7. The predicted molar refractivity (Wildman–Crippen MR) is 85.2 cm³/mol. The van der Waals surface area contributed by atoms with Gasteiger partial charge in [-0.05, 0) is 18.6 Å². The molecule has 1 aromatic rings. The van der Waals surface area contributed by atoms with Crippen LogP contribution in [0.2, 0.25) is 0 Å². The number of amides is 2. The molecule has 1 atom stereocenters. The van der Waals surface area contributed by atoms with Crippen LogP contribution in [0.5, 0.6) is 11.5 Å². The first-order valence-electron chi connectivity index (χ1n) is 7.29. The number of nitrogens with one attached hydrogen (secondary N) is 3. The van der Waals surface area contributed by atoms with Crippen LogP contribution in [0, 0.1) is 0 Å². The molecule has 1 aliphatic heterocycles. The molecular weight excluding hydrogens is 322 g/mol. The van der Waals surface area contributed by atoms with Gasteiger partial charge in [-0.1, -0.05) is 12.1 Å². The van der Waals surface area contributed by atoms with Crippen molar-refractivity contribution in [2.75, 3.05) is 32.5 Å². The lowest BCUT2D eigenvalue weighted by atomic mass is 10.2. The fraction of sp³-hybridized carbons (Fsp3) is 0.500. The first kappa shape index (κ1) is 17.4. The van der Waals surface area contributed by atoms with Gasteiger partial charge in [0.1, 0.15) is 6.61 Å². The molecule has 2 rings (SSSR count). The molecule has 0 bridgehead atoms. The third-order valence-corrected chi connectivity index (χ3v) is 3.79. The summed E-state index contributed by atoms with van der Waals surface area (Å²) in [4.78, 5) is 11.6. The number of hydrogen-bond acceptors (Lipinski definition) is 5. The molecule has 128 valence electrons. The van der Waals surface area contributed by atoms with Gasteiger partial charge in [0.15, 0.2) is 17.6 Å². The number of carbonyl (C=O) groups is 1. The van der Waals surface area contributed by atoms with Crippen LogP contribution >= 0.6 is 0 Å². The molecule has 2 amide bonds. The normalized spacial score (nSPS) is 16.7. The number of benzene rings is 1. The van der Waals surface area contributed by atoms with Gasteiger partial charge in [0, 0.05) is 13.1 Å². The standard InChI is InChI=1S/C14H21N3O5S/c1-23(19,20)17-8-4-7-15-14(18)16-9-11-10-21-12-5-2-3-6-13(12)22-11/h2-3,5-6,11,17H,4,7-10H2,1H3,(H2,15,16,18)/t11-/m0/s1. The quantitative estimate of drug-likeness (QED) is 0.607. The summed E-state index contributed by atoms with van der Waals surface area (Å²) < 4.78 is 35.3. The van der Waals surface area contributed by atoms with Crippen molar-refractivity contribution < 1.29 is 22.7 Å². The molecule has 1 aromatic carbocycles. The molecule has 0 radical (unpaired) electrons. The molecule has 1 aliphatic rings. The van der Waals surface area contributed by atoms with Crippen molar-refractivity contribution in [2.24, 2.45) is 0 Å². The van der Waals surface area contributed by atoms with Crippen LogP contribution in [0.4, 0.5) is 4.79 Å². The van der Waals surface area contributed by atoms with E-state index in [0.29, 0.717) is 37.6 Å². The van der Waals surface area contributed by atoms with Gasteiger partial charge in [0.25, 0.3) is 0 Å². The summed E-state index contributed by atoms with van der Waals surface area (Å²) in [6.07, 6.45) is 1.36. The molecule has 8 nitrogen and oxygen atoms in total. The van der Waals surface area contributed by atoms with Crippen molar-refractivity contribution in [2.45, 2.75) is 12.5 Å². The fourth-order valence-electron chi connectivity index (χ4n) is 1.98. The summed E-state index contributed by atoms with van der Waals surface area (Å²) in [5, 5.41) is 5.34. The van der Waals surface area contributed by atoms with Gasteiger partial charge in [-0.3, -0.25) is 0 Å². The van der Waals surface area contributed by atoms with Gasteiger partial charge >= 0.3 is 6.03 Å². The van der Waals surface area contributed by atoms with Crippen molar-refractivity contribution in [3.05, 3.63) is 24.3 Å². The molecule has 0 saturated heterocycles. The minimum Gasteiger partial charge on any atom is -0.486 e. The number of fused-ring (bicyclic) bond motifs is 1. The molecule has 0 spiro atoms. The summed E-state index contributed by atoms with van der Waals surface area (Å²) in [6, 6.07) is 7.04. The van der Waals surface area contributed by atoms with Crippen LogP contribution in [-0.2, 0) is 10.0 Å². The highest BCUT2D eigenvalue weighted by Gasteiger charge is 2.20. The Balaban J connectivity index is 1.60. The lowest BCUT2D eigenvalue weighted by molar-refractivity contribution is 0.0918. The Bertz CT molecular complexity index is 635. The van der Waals surface area contributed by atoms with E-state index in [4.69, 9.17) is 9.47 Å². The number of ether oxygens (including phenoxy) is 2. The Morgan fingerprint density at radius 1 is 1.22 bits per heavy atom. The molecule has 0 unspecified atom stereocenters. The second-order valence-corrected chi connectivity index (χ2v) is 6.99. The Morgan fingerprint density at radius 2 is 1.96 bits per heavy atom. The highest BCUT2D eigenvalue weighted by Crippen LogP contribution is 2.30. The first-order chi connectivity index (χ1) is 10.9. The van der Waals surface area contributed by atoms with E-state index in [9.17, 15) is 13.2 Å². The average molecular weight is 343 g/mol. The highest BCUT2D eigenvalue weighted by atomic mass is 32.2. The molecule has 0 aliphatic carbocycles. The van der Waals surface area contributed by atoms with E-state index in [2.05, 4.69) is 15.4 Å². The Kier molecular flexibility index (Phi) is 6.05. The molecular formula is C14H21N3O5S. The number of carbonyl (C=O) groups excluding carboxylic acids is 1. The monoisotopic (exact) mass is 343 g/mol. The van der Waals surface area contributed by atoms with Crippen molar-refractivity contribution in [1.82, 2.24) is 15.4 Å². The molecule has 9 heteroatoms. The zero-order chi connectivity index (χ0) is 16.7. The maximum absolute atomic E-state index is 11.6. The highest BCUT2D eigenvalue weighted by molar-refractivity contribution is 7.88. The van der Waals surface area contributed by atoms with Crippen LogP contribution in [0.15, 0.2) is 24.3 Å². The topological polar surface area (TPSA) is 106 Å². The van der Waals surface area contributed by atoms with Crippen molar-refractivity contribution in [1.29, 1.82) is 0 Å². The molecule has 0 aromatic heterocycles. The van der Waals surface area contributed by atoms with E-state index in [0.717, 1.165) is 6.26 Å². The van der Waals surface area contributed by atoms with Crippen LogP contribution in [-0.4, -0.2) is 53.0 Å². The molecule has 3 N–H and O–H groups in total. The van der Waals surface area contributed by atoms with Crippen molar-refractivity contribution >= 4 is 16.1 Å². The second-order valence-electron chi connectivity index (χ2n) is 5.15. The van der Waals surface area contributed by atoms with Crippen LogP contribution in [0.1, 0.15) is 6.42 Å². The van der Waals surface area contributed by atoms with Crippen LogP contribution < -0.4 is 24.8 Å². The fourth-order valence-corrected chi connectivity index (χ4v) is 2.50. The third-order valence-electron chi connectivity index (χ3n) is 3.06. The average Bonchev–Trinajstić information content (AvgIpc) is 2.51. The number of para-hydroxylation sites is 2. The van der Waals surface area contributed by atoms with E-state index in [-0.39, 0.29) is 18.7 Å². The number of urea groups is 1. The molecule has 1 heterocycles. The molecule has 0 saturated carbocycles. The lowest BCUT2D eigenvalue weighted by Crippen LogP contribution is -2.44. The van der Waals surface area contributed by atoms with Gasteiger partial charge in [-0.15, -0.1) is 0 Å². The summed E-state index contributed by atoms with van der Waals surface area (Å²) >= 11 is 0. The number of hydrogen-bond donors (Lipinski definition) is 3. The Labute approximate surface area is 135 Å². The maximum atomic E-state index is 11.6. The first-order valence-corrected chi connectivity index (χ1v) is 9.18. The van der Waals surface area contributed by atoms with E-state index in [1.54, 1.807) is 0 Å². The molecule has 0 fully saturated rings. The van der Waals surface area contributed by atoms with Gasteiger partial charge < -0.3 is 20.1 Å². The second kappa shape index (κ2) is 8.02. The Hall–Kier alpha value is -2.00. The largest absolute Gasteiger partial charge is 0.486 e. The van der Waals surface area contributed by atoms with E-state index in [1.165, 1.54) is 0 Å². The zero-order valence-electron chi connectivity index (χ0n) is 12.9. The Morgan fingerprint density at radius 3 is 2.70 bits per heavy atom. The van der Waals surface area contributed by atoms with Crippen molar-refractivity contribution in [3.63, 3.8) is 0 Å². The summed E-state index contributed by atoms with van der Waals surface area (Å²) in [5.41, 5.74) is 0. The molecule has 23 heavy (non-hydrogen) atoms. The van der Waals surface area contributed by atoms with Crippen LogP contribution in [0.25, 0.3) is 0 Å². The van der Waals surface area contributed by atoms with E-state index in [1.807, 2.05) is 24.3 Å². The smallest absolute Gasteiger partial charge is 0.314 e. The van der Waals surface area contributed by atoms with Gasteiger partial charge in [-0.25, -0.2) is 17.9 Å². The zero-order valence-corrected chi connectivity index (χ0v) is 13.7. The predicted octanol–water partition coefficient (Wildman–Crippen LogP) is 0.0649. The van der Waals surface area contributed by atoms with Gasteiger partial charge in [0.2, 0.25) is 10.0 Å². The third kappa shape index (κ3) is 6.33. The van der Waals surface area contributed by atoms with Gasteiger partial charge in [0.05, 0.1) is 12.8 Å². The van der Waals surface area contributed by atoms with E-state index < -0.39 is 10.0 Å². The number of sulfonamides is 1. The summed E-state index contributed by atoms with van der Waals surface area (Å²) in [5.74, 6) is 1.37. The lowest BCUT2D eigenvalue weighted by Gasteiger charge is -2.26. The summed E-state index contributed by atoms with van der Waals surface area (Å²) in [7, 11) is -3.18. The van der Waals surface area contributed by atoms with E-state index >= 15 is 0 Å². The minimum atomic E-state index is -3.18. The SMILES string of the molecule is CS(=O)(=O)NCCCNC(=O)NC[C@H]1COc2ccccc2O1.